The molecule has 2 aromatic rings. The molecule has 0 bridgehead atoms. The molecule has 21 heavy (non-hydrogen) atoms. The van der Waals surface area contributed by atoms with Gasteiger partial charge >= 0.3 is 0 Å². The second-order valence-electron chi connectivity index (χ2n) is 5.40. The molecule has 0 aliphatic carbocycles. The molecule has 0 atom stereocenters. The molecule has 2 rings (SSSR count). The average Bonchev–Trinajstić information content (AvgIpc) is 2.47. The Morgan fingerprint density at radius 3 is 2.29 bits per heavy atom. The zero-order valence-corrected chi connectivity index (χ0v) is 13.1. The summed E-state index contributed by atoms with van der Waals surface area (Å²) in [7, 11) is 3.99. The van der Waals surface area contributed by atoms with E-state index < -0.39 is 0 Å². The van der Waals surface area contributed by atoms with Crippen LogP contribution in [0.4, 0.5) is 11.4 Å². The average molecular weight is 282 g/mol. The van der Waals surface area contributed by atoms with E-state index in [0.29, 0.717) is 5.56 Å². The van der Waals surface area contributed by atoms with E-state index in [9.17, 15) is 4.79 Å². The van der Waals surface area contributed by atoms with Crippen LogP contribution in [0.5, 0.6) is 0 Å². The molecule has 3 nitrogen and oxygen atoms in total. The number of carbonyl (C=O) groups is 1. The lowest BCUT2D eigenvalue weighted by atomic mass is 10.1. The Morgan fingerprint density at radius 1 is 1.10 bits per heavy atom. The highest BCUT2D eigenvalue weighted by molar-refractivity contribution is 6.04. The van der Waals surface area contributed by atoms with Crippen molar-refractivity contribution in [3.8, 4) is 0 Å². The van der Waals surface area contributed by atoms with Crippen LogP contribution in [0.1, 0.15) is 28.4 Å². The number of aryl methyl sites for hydroxylation is 2. The van der Waals surface area contributed by atoms with Crippen LogP contribution in [-0.4, -0.2) is 20.0 Å². The van der Waals surface area contributed by atoms with Crippen LogP contribution in [0.25, 0.3) is 0 Å². The molecule has 0 spiro atoms. The van der Waals surface area contributed by atoms with Crippen molar-refractivity contribution in [2.45, 2.75) is 20.3 Å². The summed E-state index contributed by atoms with van der Waals surface area (Å²) < 4.78 is 0. The highest BCUT2D eigenvalue weighted by Gasteiger charge is 2.09. The summed E-state index contributed by atoms with van der Waals surface area (Å²) in [6.07, 6.45) is 0.999. The molecule has 0 aromatic heterocycles. The first-order chi connectivity index (χ1) is 10.0. The number of hydrogen-bond acceptors (Lipinski definition) is 2. The van der Waals surface area contributed by atoms with Gasteiger partial charge in [-0.05, 0) is 54.8 Å². The number of benzene rings is 2. The van der Waals surface area contributed by atoms with Crippen LogP contribution >= 0.6 is 0 Å². The highest BCUT2D eigenvalue weighted by Crippen LogP contribution is 2.20. The predicted octanol–water partition coefficient (Wildman–Crippen LogP) is 3.88. The molecule has 0 saturated heterocycles. The lowest BCUT2D eigenvalue weighted by Crippen LogP contribution is -2.14. The third-order valence-corrected chi connectivity index (χ3v) is 3.56. The van der Waals surface area contributed by atoms with Crippen molar-refractivity contribution in [1.82, 2.24) is 0 Å². The Morgan fingerprint density at radius 2 is 1.76 bits per heavy atom. The van der Waals surface area contributed by atoms with Gasteiger partial charge in [-0.1, -0.05) is 19.1 Å². The van der Waals surface area contributed by atoms with Crippen molar-refractivity contribution >= 4 is 17.3 Å². The molecule has 1 amide bonds. The maximum Gasteiger partial charge on any atom is 0.255 e. The Bertz CT molecular complexity index is 630. The van der Waals surface area contributed by atoms with Crippen LogP contribution < -0.4 is 10.2 Å². The van der Waals surface area contributed by atoms with E-state index in [1.54, 1.807) is 0 Å². The molecule has 1 N–H and O–H groups in total. The van der Waals surface area contributed by atoms with E-state index in [4.69, 9.17) is 0 Å². The minimum atomic E-state index is -0.0762. The van der Waals surface area contributed by atoms with Gasteiger partial charge in [0.15, 0.2) is 0 Å². The minimum Gasteiger partial charge on any atom is -0.377 e. The van der Waals surface area contributed by atoms with E-state index >= 15 is 0 Å². The normalized spacial score (nSPS) is 10.3. The van der Waals surface area contributed by atoms with Gasteiger partial charge in [-0.25, -0.2) is 0 Å². The molecule has 110 valence electrons. The van der Waals surface area contributed by atoms with Crippen molar-refractivity contribution in [3.05, 3.63) is 59.2 Å². The summed E-state index contributed by atoms with van der Waals surface area (Å²) in [5, 5.41) is 2.93. The van der Waals surface area contributed by atoms with Gasteiger partial charge in [-0.2, -0.15) is 0 Å². The maximum atomic E-state index is 12.3. The Kier molecular flexibility index (Phi) is 4.63. The summed E-state index contributed by atoms with van der Waals surface area (Å²) in [5.41, 5.74) is 4.98. The standard InChI is InChI=1S/C18H22N2O/c1-5-14-6-9-16(10-7-14)19-18(21)15-8-11-17(20(3)4)13(2)12-15/h6-12H,5H2,1-4H3,(H,19,21). The Hall–Kier alpha value is -2.29. The smallest absolute Gasteiger partial charge is 0.255 e. The van der Waals surface area contributed by atoms with Crippen molar-refractivity contribution in [2.75, 3.05) is 24.3 Å². The Balaban J connectivity index is 2.14. The molecule has 0 aliphatic rings. The third-order valence-electron chi connectivity index (χ3n) is 3.56. The van der Waals surface area contributed by atoms with E-state index in [1.165, 1.54) is 5.56 Å². The number of carbonyl (C=O) groups excluding carboxylic acids is 1. The Labute approximate surface area is 126 Å². The zero-order valence-electron chi connectivity index (χ0n) is 13.1. The van der Waals surface area contributed by atoms with Gasteiger partial charge in [-0.15, -0.1) is 0 Å². The molecule has 3 heteroatoms. The fraction of sp³-hybridized carbons (Fsp3) is 0.278. The van der Waals surface area contributed by atoms with E-state index in [1.807, 2.05) is 68.4 Å². The van der Waals surface area contributed by atoms with Gasteiger partial charge in [0, 0.05) is 31.0 Å². The lowest BCUT2D eigenvalue weighted by molar-refractivity contribution is 0.102. The second kappa shape index (κ2) is 6.44. The van der Waals surface area contributed by atoms with E-state index in [0.717, 1.165) is 23.4 Å². The second-order valence-corrected chi connectivity index (χ2v) is 5.40. The molecule has 2 aromatic carbocycles. The number of amides is 1. The van der Waals surface area contributed by atoms with Gasteiger partial charge < -0.3 is 10.2 Å². The topological polar surface area (TPSA) is 32.3 Å². The summed E-state index contributed by atoms with van der Waals surface area (Å²) in [5.74, 6) is -0.0762. The first kappa shape index (κ1) is 15.1. The molecule has 0 aliphatic heterocycles. The summed E-state index contributed by atoms with van der Waals surface area (Å²) in [4.78, 5) is 14.3. The highest BCUT2D eigenvalue weighted by atomic mass is 16.1. The van der Waals surface area contributed by atoms with E-state index in [2.05, 4.69) is 12.2 Å². The first-order valence-electron chi connectivity index (χ1n) is 7.19. The number of nitrogens with zero attached hydrogens (tertiary/aromatic N) is 1. The lowest BCUT2D eigenvalue weighted by Gasteiger charge is -2.16. The van der Waals surface area contributed by atoms with Crippen LogP contribution in [-0.2, 0) is 6.42 Å². The van der Waals surface area contributed by atoms with Gasteiger partial charge in [0.2, 0.25) is 0 Å². The maximum absolute atomic E-state index is 12.3. The minimum absolute atomic E-state index is 0.0762. The largest absolute Gasteiger partial charge is 0.377 e. The molecule has 0 heterocycles. The quantitative estimate of drug-likeness (QED) is 0.923. The SMILES string of the molecule is CCc1ccc(NC(=O)c2ccc(N(C)C)c(C)c2)cc1. The molecule has 0 radical (unpaired) electrons. The predicted molar refractivity (Wildman–Crippen MR) is 89.3 cm³/mol. The molecule has 0 fully saturated rings. The van der Waals surface area contributed by atoms with Crippen LogP contribution in [0, 0.1) is 6.92 Å². The van der Waals surface area contributed by atoms with Crippen molar-refractivity contribution in [3.63, 3.8) is 0 Å². The van der Waals surface area contributed by atoms with Crippen LogP contribution in [0.3, 0.4) is 0 Å². The number of anilines is 2. The monoisotopic (exact) mass is 282 g/mol. The zero-order chi connectivity index (χ0) is 15.4. The molecule has 0 unspecified atom stereocenters. The van der Waals surface area contributed by atoms with Crippen LogP contribution in [0.2, 0.25) is 0 Å². The van der Waals surface area contributed by atoms with Gasteiger partial charge in [-0.3, -0.25) is 4.79 Å². The van der Waals surface area contributed by atoms with Crippen molar-refractivity contribution < 1.29 is 4.79 Å². The fourth-order valence-corrected chi connectivity index (χ4v) is 2.33. The van der Waals surface area contributed by atoms with Gasteiger partial charge in [0.05, 0.1) is 0 Å². The van der Waals surface area contributed by atoms with Gasteiger partial charge in [0.25, 0.3) is 5.91 Å². The van der Waals surface area contributed by atoms with Crippen molar-refractivity contribution in [2.24, 2.45) is 0 Å². The summed E-state index contributed by atoms with van der Waals surface area (Å²) >= 11 is 0. The van der Waals surface area contributed by atoms with E-state index in [-0.39, 0.29) is 5.91 Å². The summed E-state index contributed by atoms with van der Waals surface area (Å²) in [6, 6.07) is 13.7. The number of nitrogens with one attached hydrogen (secondary N) is 1. The fourth-order valence-electron chi connectivity index (χ4n) is 2.33. The van der Waals surface area contributed by atoms with Gasteiger partial charge in [0.1, 0.15) is 0 Å². The molecule has 0 saturated carbocycles. The number of hydrogen-bond donors (Lipinski definition) is 1. The first-order valence-corrected chi connectivity index (χ1v) is 7.19. The number of rotatable bonds is 4. The molecular formula is C18H22N2O. The third kappa shape index (κ3) is 3.63. The van der Waals surface area contributed by atoms with Crippen molar-refractivity contribution in [1.29, 1.82) is 0 Å². The summed E-state index contributed by atoms with van der Waals surface area (Å²) in [6.45, 7) is 4.13. The molecular weight excluding hydrogens is 260 g/mol. The van der Waals surface area contributed by atoms with Crippen LogP contribution in [0.15, 0.2) is 42.5 Å².